The largest absolute Gasteiger partial charge is 0.272 e. The molecule has 0 atom stereocenters. The third-order valence-corrected chi connectivity index (χ3v) is 2.60. The van der Waals surface area contributed by atoms with Crippen molar-refractivity contribution in [3.8, 4) is 0 Å². The molecule has 5 heteroatoms. The highest BCUT2D eigenvalue weighted by Crippen LogP contribution is 2.46. The summed E-state index contributed by atoms with van der Waals surface area (Å²) in [6.07, 6.45) is 0. The van der Waals surface area contributed by atoms with Crippen molar-refractivity contribution in [1.82, 2.24) is 4.31 Å². The van der Waals surface area contributed by atoms with Crippen LogP contribution in [0, 0.1) is 0 Å². The SMILES string of the molecule is CC.CCN(C)S(O)(O)Cl. The predicted octanol–water partition coefficient (Wildman–Crippen LogP) is 2.78. The van der Waals surface area contributed by atoms with E-state index < -0.39 is 9.99 Å². The van der Waals surface area contributed by atoms with Gasteiger partial charge in [0.05, 0.1) is 0 Å². The lowest BCUT2D eigenvalue weighted by Gasteiger charge is -2.31. The van der Waals surface area contributed by atoms with Crippen LogP contribution in [0.4, 0.5) is 0 Å². The zero-order chi connectivity index (χ0) is 8.78. The molecule has 0 rings (SSSR count). The number of halogens is 1. The first kappa shape index (κ1) is 13.1. The van der Waals surface area contributed by atoms with Gasteiger partial charge in [-0.1, -0.05) is 30.8 Å². The van der Waals surface area contributed by atoms with Crippen LogP contribution >= 0.6 is 20.7 Å². The fourth-order valence-corrected chi connectivity index (χ4v) is 0.786. The lowest BCUT2D eigenvalue weighted by molar-refractivity contribution is 0.412. The highest BCUT2D eigenvalue weighted by atomic mass is 35.7. The molecule has 0 spiro atoms. The molecule has 0 aromatic carbocycles. The molecule has 0 unspecified atom stereocenters. The van der Waals surface area contributed by atoms with Gasteiger partial charge in [0, 0.05) is 24.3 Å². The molecule has 0 amide bonds. The van der Waals surface area contributed by atoms with Crippen LogP contribution in [0.3, 0.4) is 0 Å². The van der Waals surface area contributed by atoms with E-state index in [1.54, 1.807) is 14.0 Å². The maximum Gasteiger partial charge on any atom is 0.0426 e. The molecule has 10 heavy (non-hydrogen) atoms. The minimum Gasteiger partial charge on any atom is -0.272 e. The van der Waals surface area contributed by atoms with Gasteiger partial charge in [-0.25, -0.2) is 0 Å². The minimum atomic E-state index is -2.95. The summed E-state index contributed by atoms with van der Waals surface area (Å²) >= 11 is 0. The van der Waals surface area contributed by atoms with Crippen LogP contribution in [-0.4, -0.2) is 27.0 Å². The monoisotopic (exact) mass is 189 g/mol. The molecule has 0 fully saturated rings. The Morgan fingerprint density at radius 3 is 1.70 bits per heavy atom. The van der Waals surface area contributed by atoms with E-state index in [0.717, 1.165) is 0 Å². The first-order valence-corrected chi connectivity index (χ1v) is 5.50. The van der Waals surface area contributed by atoms with Crippen LogP contribution in [-0.2, 0) is 0 Å². The summed E-state index contributed by atoms with van der Waals surface area (Å²) < 4.78 is 18.5. The average molecular weight is 190 g/mol. The zero-order valence-corrected chi connectivity index (χ0v) is 8.41. The van der Waals surface area contributed by atoms with Gasteiger partial charge in [0.15, 0.2) is 0 Å². The van der Waals surface area contributed by atoms with E-state index in [0.29, 0.717) is 6.54 Å². The van der Waals surface area contributed by atoms with Crippen LogP contribution in [0.15, 0.2) is 0 Å². The van der Waals surface area contributed by atoms with Gasteiger partial charge in [-0.05, 0) is 0 Å². The summed E-state index contributed by atoms with van der Waals surface area (Å²) in [5.41, 5.74) is 0. The molecular weight excluding hydrogens is 174 g/mol. The Labute approximate surface area is 69.0 Å². The summed E-state index contributed by atoms with van der Waals surface area (Å²) in [5, 5.41) is 0. The summed E-state index contributed by atoms with van der Waals surface area (Å²) in [6.45, 7) is 6.32. The molecule has 0 aromatic rings. The predicted molar refractivity (Wildman–Crippen MR) is 48.4 cm³/mol. The van der Waals surface area contributed by atoms with Gasteiger partial charge < -0.3 is 0 Å². The normalized spacial score (nSPS) is 12.4. The van der Waals surface area contributed by atoms with E-state index in [1.807, 2.05) is 13.8 Å². The van der Waals surface area contributed by atoms with Crippen molar-refractivity contribution in [2.75, 3.05) is 13.6 Å². The van der Waals surface area contributed by atoms with E-state index >= 15 is 0 Å². The smallest absolute Gasteiger partial charge is 0.0426 e. The van der Waals surface area contributed by atoms with Crippen molar-refractivity contribution in [3.63, 3.8) is 0 Å². The molecule has 0 aliphatic rings. The second-order valence-corrected chi connectivity index (χ2v) is 4.17. The van der Waals surface area contributed by atoms with Crippen LogP contribution in [0.5, 0.6) is 0 Å². The molecule has 0 aliphatic heterocycles. The zero-order valence-electron chi connectivity index (χ0n) is 6.83. The molecule has 0 saturated carbocycles. The highest BCUT2D eigenvalue weighted by molar-refractivity contribution is 8.41. The van der Waals surface area contributed by atoms with Crippen LogP contribution in [0.25, 0.3) is 0 Å². The summed E-state index contributed by atoms with van der Waals surface area (Å²) in [6, 6.07) is 0. The molecule has 66 valence electrons. The van der Waals surface area contributed by atoms with Crippen molar-refractivity contribution in [1.29, 1.82) is 0 Å². The molecule has 2 N–H and O–H groups in total. The molecule has 3 nitrogen and oxygen atoms in total. The Morgan fingerprint density at radius 1 is 1.40 bits per heavy atom. The fourth-order valence-electron chi connectivity index (χ4n) is 0.164. The molecule has 0 heterocycles. The molecular formula is C5H16ClNO2S. The average Bonchev–Trinajstić information content (AvgIpc) is 1.89. The maximum absolute atomic E-state index is 8.62. The third kappa shape index (κ3) is 6.64. The van der Waals surface area contributed by atoms with E-state index in [1.165, 1.54) is 4.31 Å². The van der Waals surface area contributed by atoms with Gasteiger partial charge in [-0.15, -0.1) is 0 Å². The Kier molecular flexibility index (Phi) is 8.20. The van der Waals surface area contributed by atoms with E-state index in [-0.39, 0.29) is 0 Å². The van der Waals surface area contributed by atoms with Crippen molar-refractivity contribution >= 4 is 20.7 Å². The molecule has 0 bridgehead atoms. The van der Waals surface area contributed by atoms with Crippen LogP contribution in [0.2, 0.25) is 0 Å². The van der Waals surface area contributed by atoms with Gasteiger partial charge in [0.1, 0.15) is 0 Å². The summed E-state index contributed by atoms with van der Waals surface area (Å²) in [4.78, 5) is 0. The third-order valence-electron chi connectivity index (χ3n) is 0.842. The van der Waals surface area contributed by atoms with Crippen LogP contribution < -0.4 is 0 Å². The number of hydrogen-bond donors (Lipinski definition) is 2. The standard InChI is InChI=1S/C3H10ClNO2S.C2H6/c1-3-5(2)8(4,6)7;1-2/h6-7H,3H2,1-2H3;1-2H3. The summed E-state index contributed by atoms with van der Waals surface area (Å²) in [7, 11) is 3.70. The molecule has 0 aliphatic carbocycles. The number of hydrogen-bond acceptors (Lipinski definition) is 3. The molecule has 0 radical (unpaired) electrons. The molecule has 0 saturated heterocycles. The van der Waals surface area contributed by atoms with E-state index in [9.17, 15) is 0 Å². The number of rotatable bonds is 2. The maximum atomic E-state index is 8.62. The van der Waals surface area contributed by atoms with Crippen molar-refractivity contribution in [3.05, 3.63) is 0 Å². The minimum absolute atomic E-state index is 0.534. The Balaban J connectivity index is 0. The first-order chi connectivity index (χ1) is 4.48. The highest BCUT2D eigenvalue weighted by Gasteiger charge is 2.11. The van der Waals surface area contributed by atoms with Gasteiger partial charge in [-0.3, -0.25) is 9.11 Å². The van der Waals surface area contributed by atoms with Gasteiger partial charge in [0.25, 0.3) is 0 Å². The fraction of sp³-hybridized carbons (Fsp3) is 1.00. The van der Waals surface area contributed by atoms with E-state index in [4.69, 9.17) is 19.8 Å². The Hall–Kier alpha value is 0.520. The lowest BCUT2D eigenvalue weighted by atomic mass is 10.8. The Bertz CT molecular complexity index is 76.5. The first-order valence-electron chi connectivity index (χ1n) is 3.17. The quantitative estimate of drug-likeness (QED) is 0.702. The summed E-state index contributed by atoms with van der Waals surface area (Å²) in [5.74, 6) is 0. The van der Waals surface area contributed by atoms with Gasteiger partial charge >= 0.3 is 0 Å². The van der Waals surface area contributed by atoms with Crippen LogP contribution in [0.1, 0.15) is 20.8 Å². The van der Waals surface area contributed by atoms with Gasteiger partial charge in [-0.2, -0.15) is 4.31 Å². The van der Waals surface area contributed by atoms with Crippen molar-refractivity contribution in [2.45, 2.75) is 20.8 Å². The molecule has 0 aromatic heterocycles. The number of nitrogens with zero attached hydrogens (tertiary/aromatic N) is 1. The van der Waals surface area contributed by atoms with E-state index in [2.05, 4.69) is 0 Å². The second-order valence-electron chi connectivity index (χ2n) is 1.40. The van der Waals surface area contributed by atoms with Crippen molar-refractivity contribution in [2.24, 2.45) is 0 Å². The lowest BCUT2D eigenvalue weighted by Crippen LogP contribution is -2.18. The van der Waals surface area contributed by atoms with Gasteiger partial charge in [0.2, 0.25) is 0 Å². The van der Waals surface area contributed by atoms with Crippen molar-refractivity contribution < 1.29 is 9.11 Å². The topological polar surface area (TPSA) is 43.7 Å². The Morgan fingerprint density at radius 2 is 1.70 bits per heavy atom. The second kappa shape index (κ2) is 6.24.